The minimum absolute atomic E-state index is 0.593. The summed E-state index contributed by atoms with van der Waals surface area (Å²) in [5, 5.41) is 0. The van der Waals surface area contributed by atoms with E-state index in [1.165, 1.54) is 25.7 Å². The molecule has 0 aliphatic heterocycles. The first-order valence-electron chi connectivity index (χ1n) is 5.06. The van der Waals surface area contributed by atoms with E-state index in [-0.39, 0.29) is 0 Å². The molecule has 0 aliphatic rings. The molecule has 0 aromatic heterocycles. The second-order valence-electron chi connectivity index (χ2n) is 4.27. The zero-order chi connectivity index (χ0) is 8.91. The normalized spacial score (nSPS) is 16.9. The zero-order valence-electron chi connectivity index (χ0n) is 8.91. The Morgan fingerprint density at radius 1 is 1.18 bits per heavy atom. The van der Waals surface area contributed by atoms with Crippen LogP contribution in [-0.2, 0) is 0 Å². The highest BCUT2D eigenvalue weighted by Gasteiger charge is 2.24. The highest BCUT2D eigenvalue weighted by atomic mass is 14.3. The maximum atomic E-state index is 2.42. The van der Waals surface area contributed by atoms with Crippen molar-refractivity contribution in [1.29, 1.82) is 0 Å². The van der Waals surface area contributed by atoms with Gasteiger partial charge in [0, 0.05) is 0 Å². The van der Waals surface area contributed by atoms with Gasteiger partial charge in [0.1, 0.15) is 0 Å². The van der Waals surface area contributed by atoms with Crippen LogP contribution in [0.15, 0.2) is 0 Å². The van der Waals surface area contributed by atoms with Gasteiger partial charge in [-0.3, -0.25) is 0 Å². The summed E-state index contributed by atoms with van der Waals surface area (Å²) in [6.45, 7) is 11.7. The first-order valence-corrected chi connectivity index (χ1v) is 5.06. The molecule has 11 heavy (non-hydrogen) atoms. The molecule has 68 valence electrons. The Labute approximate surface area is 72.4 Å². The number of unbranched alkanes of at least 4 members (excludes halogenated alkanes) is 1. The lowest BCUT2D eigenvalue weighted by Crippen LogP contribution is -2.22. The first-order chi connectivity index (χ1) is 5.06. The van der Waals surface area contributed by atoms with Gasteiger partial charge in [0.15, 0.2) is 0 Å². The number of rotatable bonds is 5. The molecule has 0 nitrogen and oxygen atoms in total. The third-order valence-electron chi connectivity index (χ3n) is 3.30. The molecule has 0 unspecified atom stereocenters. The van der Waals surface area contributed by atoms with Crippen molar-refractivity contribution in [3.63, 3.8) is 0 Å². The van der Waals surface area contributed by atoms with Gasteiger partial charge in [0.2, 0.25) is 0 Å². The van der Waals surface area contributed by atoms with Crippen molar-refractivity contribution in [3.05, 3.63) is 0 Å². The smallest absolute Gasteiger partial charge is 0.0305 e. The zero-order valence-corrected chi connectivity index (χ0v) is 8.91. The fourth-order valence-electron chi connectivity index (χ4n) is 1.45. The molecular formula is C11H24. The predicted octanol–water partition coefficient (Wildman–Crippen LogP) is 4.25. The van der Waals surface area contributed by atoms with E-state index in [1.54, 1.807) is 0 Å². The van der Waals surface area contributed by atoms with Gasteiger partial charge in [-0.25, -0.2) is 0 Å². The molecule has 0 N–H and O–H groups in total. The first kappa shape index (κ1) is 11.0. The van der Waals surface area contributed by atoms with Gasteiger partial charge in [0.25, 0.3) is 0 Å². The van der Waals surface area contributed by atoms with Crippen molar-refractivity contribution in [2.45, 2.75) is 60.3 Å². The average Bonchev–Trinajstić information content (AvgIpc) is 2.00. The molecule has 0 saturated carbocycles. The molecule has 0 saturated heterocycles. The Bertz CT molecular complexity index is 94.2. The van der Waals surface area contributed by atoms with E-state index in [1.807, 2.05) is 0 Å². The lowest BCUT2D eigenvalue weighted by atomic mass is 9.73. The molecular weight excluding hydrogens is 132 g/mol. The van der Waals surface area contributed by atoms with E-state index in [9.17, 15) is 0 Å². The highest BCUT2D eigenvalue weighted by Crippen LogP contribution is 2.35. The molecule has 0 rings (SSSR count). The second kappa shape index (κ2) is 4.79. The largest absolute Gasteiger partial charge is 0.0654 e. The Balaban J connectivity index is 3.88. The van der Waals surface area contributed by atoms with E-state index in [2.05, 4.69) is 34.6 Å². The molecule has 0 bridgehead atoms. The minimum atomic E-state index is 0.593. The molecule has 1 atom stereocenters. The van der Waals surface area contributed by atoms with Crippen LogP contribution in [0, 0.1) is 11.3 Å². The maximum Gasteiger partial charge on any atom is -0.0305 e. The fraction of sp³-hybridized carbons (Fsp3) is 1.00. The Morgan fingerprint density at radius 3 is 2.00 bits per heavy atom. The lowest BCUT2D eigenvalue weighted by molar-refractivity contribution is 0.185. The summed E-state index contributed by atoms with van der Waals surface area (Å²) in [6, 6.07) is 0. The number of hydrogen-bond donors (Lipinski definition) is 0. The fourth-order valence-corrected chi connectivity index (χ4v) is 1.45. The Hall–Kier alpha value is 0. The summed E-state index contributed by atoms with van der Waals surface area (Å²) in [5.41, 5.74) is 0.593. The summed E-state index contributed by atoms with van der Waals surface area (Å²) in [5.74, 6) is 0.832. The van der Waals surface area contributed by atoms with E-state index >= 15 is 0 Å². The molecule has 0 amide bonds. The predicted molar refractivity (Wildman–Crippen MR) is 52.8 cm³/mol. The quantitative estimate of drug-likeness (QED) is 0.558. The van der Waals surface area contributed by atoms with Crippen LogP contribution >= 0.6 is 0 Å². The van der Waals surface area contributed by atoms with Crippen LogP contribution in [0.5, 0.6) is 0 Å². The van der Waals surface area contributed by atoms with Crippen LogP contribution in [0.1, 0.15) is 60.3 Å². The minimum Gasteiger partial charge on any atom is -0.0654 e. The molecule has 0 fully saturated rings. The lowest BCUT2D eigenvalue weighted by Gasteiger charge is -2.32. The second-order valence-corrected chi connectivity index (χ2v) is 4.27. The summed E-state index contributed by atoms with van der Waals surface area (Å²) in [6.07, 6.45) is 5.45. The molecule has 0 aromatic rings. The van der Waals surface area contributed by atoms with E-state index in [0.29, 0.717) is 5.41 Å². The van der Waals surface area contributed by atoms with Crippen molar-refractivity contribution >= 4 is 0 Å². The summed E-state index contributed by atoms with van der Waals surface area (Å²) < 4.78 is 0. The third kappa shape index (κ3) is 3.27. The van der Waals surface area contributed by atoms with Gasteiger partial charge in [-0.2, -0.15) is 0 Å². The molecule has 0 spiro atoms. The van der Waals surface area contributed by atoms with Gasteiger partial charge >= 0.3 is 0 Å². The van der Waals surface area contributed by atoms with Crippen LogP contribution in [-0.4, -0.2) is 0 Å². The topological polar surface area (TPSA) is 0 Å². The highest BCUT2D eigenvalue weighted by molar-refractivity contribution is 4.75. The summed E-state index contributed by atoms with van der Waals surface area (Å²) in [7, 11) is 0. The van der Waals surface area contributed by atoms with Crippen LogP contribution in [0.25, 0.3) is 0 Å². The standard InChI is InChI=1S/C11H24/c1-6-8-9-11(5,7-2)10(3)4/h10H,6-9H2,1-5H3/t11-/m1/s1. The van der Waals surface area contributed by atoms with Crippen molar-refractivity contribution in [2.24, 2.45) is 11.3 Å². The van der Waals surface area contributed by atoms with Gasteiger partial charge in [-0.05, 0) is 17.8 Å². The van der Waals surface area contributed by atoms with Gasteiger partial charge in [0.05, 0.1) is 0 Å². The van der Waals surface area contributed by atoms with E-state index < -0.39 is 0 Å². The van der Waals surface area contributed by atoms with Crippen LogP contribution in [0.2, 0.25) is 0 Å². The molecule has 0 aromatic carbocycles. The molecule has 0 heterocycles. The van der Waals surface area contributed by atoms with Gasteiger partial charge < -0.3 is 0 Å². The third-order valence-corrected chi connectivity index (χ3v) is 3.30. The monoisotopic (exact) mass is 156 g/mol. The van der Waals surface area contributed by atoms with Crippen molar-refractivity contribution in [3.8, 4) is 0 Å². The average molecular weight is 156 g/mol. The SMILES string of the molecule is CCCC[C@@](C)(CC)C(C)C. The van der Waals surface area contributed by atoms with Crippen LogP contribution < -0.4 is 0 Å². The maximum absolute atomic E-state index is 2.42. The summed E-state index contributed by atoms with van der Waals surface area (Å²) >= 11 is 0. The Kier molecular flexibility index (Phi) is 4.79. The van der Waals surface area contributed by atoms with Crippen molar-refractivity contribution in [2.75, 3.05) is 0 Å². The molecule has 0 heteroatoms. The molecule has 0 radical (unpaired) electrons. The van der Waals surface area contributed by atoms with Gasteiger partial charge in [-0.1, -0.05) is 53.9 Å². The van der Waals surface area contributed by atoms with Crippen molar-refractivity contribution < 1.29 is 0 Å². The van der Waals surface area contributed by atoms with E-state index in [4.69, 9.17) is 0 Å². The van der Waals surface area contributed by atoms with Crippen LogP contribution in [0.3, 0.4) is 0 Å². The Morgan fingerprint density at radius 2 is 1.73 bits per heavy atom. The molecule has 0 aliphatic carbocycles. The van der Waals surface area contributed by atoms with Gasteiger partial charge in [-0.15, -0.1) is 0 Å². The van der Waals surface area contributed by atoms with E-state index in [0.717, 1.165) is 5.92 Å². The van der Waals surface area contributed by atoms with Crippen LogP contribution in [0.4, 0.5) is 0 Å². The number of hydrogen-bond acceptors (Lipinski definition) is 0. The van der Waals surface area contributed by atoms with Crippen molar-refractivity contribution in [1.82, 2.24) is 0 Å². The summed E-state index contributed by atoms with van der Waals surface area (Å²) in [4.78, 5) is 0.